The number of nitriles is 1. The highest BCUT2D eigenvalue weighted by Crippen LogP contribution is 2.31. The number of furan rings is 1. The van der Waals surface area contributed by atoms with Gasteiger partial charge >= 0.3 is 0 Å². The van der Waals surface area contributed by atoms with Crippen molar-refractivity contribution in [2.24, 2.45) is 0 Å². The molecule has 0 atom stereocenters. The number of halogens is 1. The molecule has 0 radical (unpaired) electrons. The lowest BCUT2D eigenvalue weighted by molar-refractivity contribution is -0.139. The van der Waals surface area contributed by atoms with E-state index in [1.54, 1.807) is 12.3 Å². The Morgan fingerprint density at radius 2 is 2.13 bits per heavy atom. The third kappa shape index (κ3) is 4.67. The Balaban J connectivity index is 1.92. The van der Waals surface area contributed by atoms with Crippen molar-refractivity contribution in [1.29, 1.82) is 5.26 Å². The molecule has 0 aliphatic carbocycles. The highest BCUT2D eigenvalue weighted by Gasteiger charge is 2.12. The molecule has 0 aliphatic rings. The molecule has 124 valence electrons. The van der Waals surface area contributed by atoms with Crippen LogP contribution in [0.25, 0.3) is 11.0 Å². The molecule has 2 heterocycles. The lowest BCUT2D eigenvalue weighted by Crippen LogP contribution is -2.18. The predicted octanol–water partition coefficient (Wildman–Crippen LogP) is 4.05. The fourth-order valence-corrected chi connectivity index (χ4v) is 2.77. The minimum absolute atomic E-state index is 0.155. The van der Waals surface area contributed by atoms with Crippen LogP contribution in [-0.4, -0.2) is 31.0 Å². The minimum atomic E-state index is -0.155. The highest BCUT2D eigenvalue weighted by atomic mass is 79.9. The fraction of sp³-hybridized carbons (Fsp3) is 0.500. The van der Waals surface area contributed by atoms with Gasteiger partial charge in [0.25, 0.3) is 0 Å². The summed E-state index contributed by atoms with van der Waals surface area (Å²) in [6, 6.07) is 3.69. The van der Waals surface area contributed by atoms with Gasteiger partial charge in [0.1, 0.15) is 11.9 Å². The molecule has 1 N–H and O–H groups in total. The maximum atomic E-state index is 8.89. The van der Waals surface area contributed by atoms with Crippen LogP contribution in [0.2, 0.25) is 0 Å². The van der Waals surface area contributed by atoms with Gasteiger partial charge in [-0.3, -0.25) is 0 Å². The van der Waals surface area contributed by atoms with Crippen LogP contribution in [0.5, 0.6) is 0 Å². The van der Waals surface area contributed by atoms with Crippen molar-refractivity contribution in [3.05, 3.63) is 22.5 Å². The number of anilines is 1. The van der Waals surface area contributed by atoms with Gasteiger partial charge in [0.2, 0.25) is 5.76 Å². The second-order valence-electron chi connectivity index (χ2n) is 4.83. The molecule has 23 heavy (non-hydrogen) atoms. The second-order valence-corrected chi connectivity index (χ2v) is 5.62. The maximum Gasteiger partial charge on any atom is 0.204 e. The Morgan fingerprint density at radius 3 is 2.78 bits per heavy atom. The molecule has 2 aromatic heterocycles. The number of nitrogens with one attached hydrogen (secondary N) is 1. The number of aromatic nitrogens is 1. The molecule has 0 unspecified atom stereocenters. The Kier molecular flexibility index (Phi) is 6.84. The molecule has 0 bridgehead atoms. The van der Waals surface area contributed by atoms with Crippen LogP contribution >= 0.6 is 15.9 Å². The molecular weight excluding hydrogens is 362 g/mol. The van der Waals surface area contributed by atoms with E-state index >= 15 is 0 Å². The third-order valence-corrected chi connectivity index (χ3v) is 4.04. The van der Waals surface area contributed by atoms with E-state index in [1.165, 1.54) is 0 Å². The van der Waals surface area contributed by atoms with Gasteiger partial charge in [-0.1, -0.05) is 0 Å². The molecule has 2 rings (SSSR count). The molecule has 0 aromatic carbocycles. The molecule has 0 saturated heterocycles. The van der Waals surface area contributed by atoms with Crippen molar-refractivity contribution in [2.75, 3.05) is 25.1 Å². The van der Waals surface area contributed by atoms with E-state index in [0.717, 1.165) is 35.1 Å². The first-order valence-electron chi connectivity index (χ1n) is 7.64. The quantitative estimate of drug-likeness (QED) is 0.521. The fourth-order valence-electron chi connectivity index (χ4n) is 2.22. The van der Waals surface area contributed by atoms with Gasteiger partial charge in [0, 0.05) is 37.6 Å². The van der Waals surface area contributed by atoms with Crippen LogP contribution in [0.15, 0.2) is 21.2 Å². The number of hydrogen-bond acceptors (Lipinski definition) is 6. The average Bonchev–Trinajstić information content (AvgIpc) is 2.98. The number of rotatable bonds is 9. The average molecular weight is 382 g/mol. The smallest absolute Gasteiger partial charge is 0.204 e. The van der Waals surface area contributed by atoms with Crippen LogP contribution in [0.3, 0.4) is 0 Å². The van der Waals surface area contributed by atoms with Gasteiger partial charge in [-0.05, 0) is 36.2 Å². The van der Waals surface area contributed by atoms with Crippen LogP contribution in [-0.2, 0) is 9.47 Å². The number of nitrogens with zero attached hydrogens (tertiary/aromatic N) is 2. The van der Waals surface area contributed by atoms with Crippen molar-refractivity contribution in [3.63, 3.8) is 0 Å². The Bertz CT molecular complexity index is 675. The highest BCUT2D eigenvalue weighted by molar-refractivity contribution is 9.10. The summed E-state index contributed by atoms with van der Waals surface area (Å²) in [5.41, 5.74) is 0.590. The predicted molar refractivity (Wildman–Crippen MR) is 91.2 cm³/mol. The molecule has 2 aromatic rings. The van der Waals surface area contributed by atoms with Gasteiger partial charge in [-0.2, -0.15) is 5.26 Å². The lowest BCUT2D eigenvalue weighted by atomic mass is 10.2. The molecule has 0 saturated carbocycles. The van der Waals surface area contributed by atoms with E-state index in [1.807, 2.05) is 19.9 Å². The summed E-state index contributed by atoms with van der Waals surface area (Å²) >= 11 is 3.51. The second kappa shape index (κ2) is 8.87. The van der Waals surface area contributed by atoms with Crippen molar-refractivity contribution in [1.82, 2.24) is 4.98 Å². The maximum absolute atomic E-state index is 8.89. The first-order chi connectivity index (χ1) is 11.2. The zero-order chi connectivity index (χ0) is 16.7. The zero-order valence-electron chi connectivity index (χ0n) is 13.3. The summed E-state index contributed by atoms with van der Waals surface area (Å²) in [6.07, 6.45) is 3.18. The van der Waals surface area contributed by atoms with Crippen LogP contribution in [0.1, 0.15) is 32.4 Å². The van der Waals surface area contributed by atoms with E-state index in [2.05, 4.69) is 26.2 Å². The first-order valence-corrected chi connectivity index (χ1v) is 8.44. The Hall–Kier alpha value is -1.62. The largest absolute Gasteiger partial charge is 0.444 e. The summed E-state index contributed by atoms with van der Waals surface area (Å²) in [5.74, 6) is 1.00. The van der Waals surface area contributed by atoms with Crippen LogP contribution < -0.4 is 5.32 Å². The summed E-state index contributed by atoms with van der Waals surface area (Å²) in [5, 5.41) is 13.0. The normalized spacial score (nSPS) is 11.1. The van der Waals surface area contributed by atoms with E-state index in [4.69, 9.17) is 19.2 Å². The lowest BCUT2D eigenvalue weighted by Gasteiger charge is -2.17. The Labute approximate surface area is 143 Å². The van der Waals surface area contributed by atoms with Gasteiger partial charge in [-0.15, -0.1) is 0 Å². The summed E-state index contributed by atoms with van der Waals surface area (Å²) in [4.78, 5) is 4.32. The third-order valence-electron chi connectivity index (χ3n) is 3.24. The molecule has 7 heteroatoms. The SMILES string of the molecule is CCOC(CCCNc1ncc2oc(C#N)cc2c1Br)OCC. The van der Waals surface area contributed by atoms with E-state index in [-0.39, 0.29) is 12.1 Å². The number of ether oxygens (including phenoxy) is 2. The number of hydrogen-bond donors (Lipinski definition) is 1. The molecule has 0 aliphatic heterocycles. The van der Waals surface area contributed by atoms with Gasteiger partial charge in [-0.25, -0.2) is 4.98 Å². The van der Waals surface area contributed by atoms with Crippen molar-refractivity contribution in [3.8, 4) is 6.07 Å². The van der Waals surface area contributed by atoms with Crippen molar-refractivity contribution >= 4 is 32.7 Å². The summed E-state index contributed by atoms with van der Waals surface area (Å²) in [7, 11) is 0. The van der Waals surface area contributed by atoms with Crippen LogP contribution in [0.4, 0.5) is 5.82 Å². The first kappa shape index (κ1) is 17.7. The number of fused-ring (bicyclic) bond motifs is 1. The minimum Gasteiger partial charge on any atom is -0.444 e. The van der Waals surface area contributed by atoms with Crippen LogP contribution in [0, 0.1) is 11.3 Å². The van der Waals surface area contributed by atoms with Gasteiger partial charge in [0.15, 0.2) is 11.9 Å². The summed E-state index contributed by atoms with van der Waals surface area (Å²) < 4.78 is 17.2. The topological polar surface area (TPSA) is 80.3 Å². The van der Waals surface area contributed by atoms with E-state index in [9.17, 15) is 0 Å². The monoisotopic (exact) mass is 381 g/mol. The van der Waals surface area contributed by atoms with E-state index < -0.39 is 0 Å². The van der Waals surface area contributed by atoms with Gasteiger partial charge in [0.05, 0.1) is 10.7 Å². The molecular formula is C16H20BrN3O3. The number of pyridine rings is 1. The zero-order valence-corrected chi connectivity index (χ0v) is 14.9. The molecule has 0 amide bonds. The van der Waals surface area contributed by atoms with E-state index in [0.29, 0.717) is 18.8 Å². The molecule has 0 spiro atoms. The standard InChI is InChI=1S/C16H20BrN3O3/c1-3-21-14(22-4-2)6-5-7-19-16-15(17)12-8-11(9-18)23-13(12)10-20-16/h8,10,14H,3-7H2,1-2H3,(H,19,20). The Morgan fingerprint density at radius 1 is 1.39 bits per heavy atom. The summed E-state index contributed by atoms with van der Waals surface area (Å²) in [6.45, 7) is 5.95. The van der Waals surface area contributed by atoms with Crippen molar-refractivity contribution < 1.29 is 13.9 Å². The molecule has 6 nitrogen and oxygen atoms in total. The van der Waals surface area contributed by atoms with Crippen molar-refractivity contribution in [2.45, 2.75) is 33.0 Å². The molecule has 0 fully saturated rings. The van der Waals surface area contributed by atoms with Gasteiger partial charge < -0.3 is 19.2 Å².